The molecule has 0 saturated carbocycles. The number of nitrogens with one attached hydrogen (secondary N) is 1. The molecule has 0 unspecified atom stereocenters. The van der Waals surface area contributed by atoms with E-state index in [1.165, 1.54) is 6.20 Å². The van der Waals surface area contributed by atoms with Crippen LogP contribution in [0.3, 0.4) is 0 Å². The first-order chi connectivity index (χ1) is 11.8. The van der Waals surface area contributed by atoms with E-state index in [0.717, 1.165) is 10.8 Å². The largest absolute Gasteiger partial charge is 0.470 e. The molecule has 2 aromatic heterocycles. The van der Waals surface area contributed by atoms with Gasteiger partial charge in [0.25, 0.3) is 0 Å². The fraction of sp³-hybridized carbons (Fsp3) is 0.0588. The summed E-state index contributed by atoms with van der Waals surface area (Å²) in [4.78, 5) is 24.4. The molecule has 0 fully saturated rings. The summed E-state index contributed by atoms with van der Waals surface area (Å²) < 4.78 is 10.5. The van der Waals surface area contributed by atoms with E-state index in [9.17, 15) is 4.79 Å². The maximum absolute atomic E-state index is 12.0. The van der Waals surface area contributed by atoms with E-state index in [1.54, 1.807) is 24.5 Å². The van der Waals surface area contributed by atoms with E-state index in [-0.39, 0.29) is 5.75 Å². The van der Waals surface area contributed by atoms with E-state index in [0.29, 0.717) is 24.0 Å². The number of ether oxygens (including phenoxy) is 2. The quantitative estimate of drug-likeness (QED) is 0.782. The standard InChI is InChI=1S/C17H12N4O3/c22-17(21-15-7-11-3-1-2-4-12(11)9-19-15)24-13-8-14-16(20-10-13)23-6-5-18-14/h1-5,7-10H,6H2,(H,19,21,22). The summed E-state index contributed by atoms with van der Waals surface area (Å²) >= 11 is 0. The van der Waals surface area contributed by atoms with Crippen LogP contribution in [0.1, 0.15) is 0 Å². The summed E-state index contributed by atoms with van der Waals surface area (Å²) in [7, 11) is 0. The van der Waals surface area contributed by atoms with Crippen LogP contribution in [0.4, 0.5) is 16.3 Å². The minimum absolute atomic E-state index is 0.273. The van der Waals surface area contributed by atoms with Crippen molar-refractivity contribution >= 4 is 34.6 Å². The van der Waals surface area contributed by atoms with Gasteiger partial charge in [0.2, 0.25) is 5.88 Å². The zero-order valence-electron chi connectivity index (χ0n) is 12.5. The molecule has 118 valence electrons. The molecule has 24 heavy (non-hydrogen) atoms. The van der Waals surface area contributed by atoms with E-state index in [4.69, 9.17) is 9.47 Å². The van der Waals surface area contributed by atoms with Crippen molar-refractivity contribution in [1.82, 2.24) is 9.97 Å². The molecule has 3 heterocycles. The Kier molecular flexibility index (Phi) is 3.51. The third-order valence-corrected chi connectivity index (χ3v) is 3.40. The van der Waals surface area contributed by atoms with Crippen molar-refractivity contribution in [3.63, 3.8) is 0 Å². The van der Waals surface area contributed by atoms with Crippen molar-refractivity contribution in [1.29, 1.82) is 0 Å². The Morgan fingerprint density at radius 3 is 2.92 bits per heavy atom. The zero-order chi connectivity index (χ0) is 16.4. The molecule has 7 heteroatoms. The van der Waals surface area contributed by atoms with Crippen molar-refractivity contribution in [2.45, 2.75) is 0 Å². The van der Waals surface area contributed by atoms with Crippen LogP contribution in [-0.4, -0.2) is 28.9 Å². The summed E-state index contributed by atoms with van der Waals surface area (Å²) in [5.41, 5.74) is 0.524. The topological polar surface area (TPSA) is 85.7 Å². The minimum atomic E-state index is -0.653. The van der Waals surface area contributed by atoms with E-state index in [1.807, 2.05) is 24.3 Å². The normalized spacial score (nSPS) is 12.3. The molecule has 1 N–H and O–H groups in total. The number of carbonyl (C=O) groups excluding carboxylic acids is 1. The Morgan fingerprint density at radius 2 is 2.00 bits per heavy atom. The highest BCUT2D eigenvalue weighted by atomic mass is 16.6. The lowest BCUT2D eigenvalue weighted by atomic mass is 10.2. The number of amides is 1. The molecule has 0 aliphatic carbocycles. The number of carbonyl (C=O) groups is 1. The van der Waals surface area contributed by atoms with Gasteiger partial charge in [-0.05, 0) is 11.5 Å². The van der Waals surface area contributed by atoms with Crippen LogP contribution in [0.15, 0.2) is 53.8 Å². The summed E-state index contributed by atoms with van der Waals surface area (Å²) in [6.07, 6.45) is 4.07. The molecule has 0 spiro atoms. The van der Waals surface area contributed by atoms with Gasteiger partial charge in [0.15, 0.2) is 5.75 Å². The molecule has 0 radical (unpaired) electrons. The number of pyridine rings is 2. The summed E-state index contributed by atoms with van der Waals surface area (Å²) in [5.74, 6) is 1.10. The number of fused-ring (bicyclic) bond motifs is 2. The van der Waals surface area contributed by atoms with E-state index in [2.05, 4.69) is 20.3 Å². The molecular formula is C17H12N4O3. The number of rotatable bonds is 2. The third kappa shape index (κ3) is 2.87. The minimum Gasteiger partial charge on any atom is -0.470 e. The van der Waals surface area contributed by atoms with Crippen molar-refractivity contribution in [3.8, 4) is 11.6 Å². The number of benzene rings is 1. The average Bonchev–Trinajstić information content (AvgIpc) is 2.61. The molecule has 0 atom stereocenters. The van der Waals surface area contributed by atoms with Crippen LogP contribution in [0.5, 0.6) is 11.6 Å². The Hall–Kier alpha value is -3.48. The van der Waals surface area contributed by atoms with Gasteiger partial charge >= 0.3 is 6.09 Å². The maximum atomic E-state index is 12.0. The second-order valence-electron chi connectivity index (χ2n) is 5.05. The number of hydrogen-bond acceptors (Lipinski definition) is 6. The molecule has 1 aliphatic rings. The number of hydrogen-bond donors (Lipinski definition) is 1. The first-order valence-corrected chi connectivity index (χ1v) is 7.27. The monoisotopic (exact) mass is 320 g/mol. The molecule has 1 aromatic carbocycles. The summed E-state index contributed by atoms with van der Waals surface area (Å²) in [5, 5.41) is 4.56. The smallest absolute Gasteiger partial charge is 0.418 e. The highest BCUT2D eigenvalue weighted by Gasteiger charge is 2.12. The van der Waals surface area contributed by atoms with Crippen LogP contribution in [0.25, 0.3) is 10.8 Å². The van der Waals surface area contributed by atoms with Gasteiger partial charge in [0, 0.05) is 23.9 Å². The van der Waals surface area contributed by atoms with Gasteiger partial charge in [-0.1, -0.05) is 24.3 Å². The second kappa shape index (κ2) is 5.96. The lowest BCUT2D eigenvalue weighted by Crippen LogP contribution is -2.17. The molecule has 1 aliphatic heterocycles. The Balaban J connectivity index is 1.49. The average molecular weight is 320 g/mol. The fourth-order valence-corrected chi connectivity index (χ4v) is 2.32. The lowest BCUT2D eigenvalue weighted by Gasteiger charge is -2.11. The molecule has 0 bridgehead atoms. The van der Waals surface area contributed by atoms with Gasteiger partial charge in [0.05, 0.1) is 6.20 Å². The van der Waals surface area contributed by atoms with Crippen LogP contribution in [0.2, 0.25) is 0 Å². The van der Waals surface area contributed by atoms with Gasteiger partial charge < -0.3 is 9.47 Å². The maximum Gasteiger partial charge on any atom is 0.418 e. The van der Waals surface area contributed by atoms with Crippen LogP contribution >= 0.6 is 0 Å². The first-order valence-electron chi connectivity index (χ1n) is 7.27. The SMILES string of the molecule is O=C(Nc1cc2ccccc2cn1)Oc1cnc2c(c1)N=CCO2. The molecule has 4 rings (SSSR count). The second-order valence-corrected chi connectivity index (χ2v) is 5.05. The van der Waals surface area contributed by atoms with Gasteiger partial charge in [-0.2, -0.15) is 0 Å². The van der Waals surface area contributed by atoms with Crippen molar-refractivity contribution in [2.24, 2.45) is 4.99 Å². The van der Waals surface area contributed by atoms with Crippen LogP contribution < -0.4 is 14.8 Å². The Labute approximate surface area is 137 Å². The number of anilines is 1. The Morgan fingerprint density at radius 1 is 1.12 bits per heavy atom. The van der Waals surface area contributed by atoms with Crippen LogP contribution in [-0.2, 0) is 0 Å². The molecule has 3 aromatic rings. The number of nitrogens with zero attached hydrogens (tertiary/aromatic N) is 3. The number of aromatic nitrogens is 2. The molecule has 1 amide bonds. The van der Waals surface area contributed by atoms with Crippen molar-refractivity contribution in [3.05, 3.63) is 48.8 Å². The van der Waals surface area contributed by atoms with Crippen LogP contribution in [0, 0.1) is 0 Å². The van der Waals surface area contributed by atoms with Crippen molar-refractivity contribution in [2.75, 3.05) is 11.9 Å². The number of aliphatic imine (C=N–C) groups is 1. The highest BCUT2D eigenvalue weighted by molar-refractivity contribution is 5.90. The van der Waals surface area contributed by atoms with E-state index < -0.39 is 6.09 Å². The third-order valence-electron chi connectivity index (χ3n) is 3.40. The molecule has 0 saturated heterocycles. The predicted octanol–water partition coefficient (Wildman–Crippen LogP) is 3.34. The predicted molar refractivity (Wildman–Crippen MR) is 89.3 cm³/mol. The summed E-state index contributed by atoms with van der Waals surface area (Å²) in [6.45, 7) is 0.383. The van der Waals surface area contributed by atoms with Crippen molar-refractivity contribution < 1.29 is 14.3 Å². The van der Waals surface area contributed by atoms with Gasteiger partial charge in [-0.3, -0.25) is 10.3 Å². The van der Waals surface area contributed by atoms with Gasteiger partial charge in [-0.25, -0.2) is 14.8 Å². The lowest BCUT2D eigenvalue weighted by molar-refractivity contribution is 0.215. The Bertz CT molecular complexity index is 955. The highest BCUT2D eigenvalue weighted by Crippen LogP contribution is 2.30. The van der Waals surface area contributed by atoms with Gasteiger partial charge in [0.1, 0.15) is 18.1 Å². The van der Waals surface area contributed by atoms with E-state index >= 15 is 0 Å². The fourth-order valence-electron chi connectivity index (χ4n) is 2.32. The summed E-state index contributed by atoms with van der Waals surface area (Å²) in [6, 6.07) is 11.1. The molecule has 7 nitrogen and oxygen atoms in total. The molecular weight excluding hydrogens is 308 g/mol. The van der Waals surface area contributed by atoms with Gasteiger partial charge in [-0.15, -0.1) is 0 Å². The first kappa shape index (κ1) is 14.1. The zero-order valence-corrected chi connectivity index (χ0v) is 12.5.